The molecule has 1 N–H and O–H groups in total. The zero-order chi connectivity index (χ0) is 26.9. The molecule has 0 saturated carbocycles. The molecule has 1 aliphatic rings. The van der Waals surface area contributed by atoms with Crippen LogP contribution in [0.3, 0.4) is 0 Å². The Kier molecular flexibility index (Phi) is 4.06. The predicted octanol–water partition coefficient (Wildman–Crippen LogP) is 3.20. The quantitative estimate of drug-likeness (QED) is 0.448. The number of allylic oxidation sites excluding steroid dienone is 2. The van der Waals surface area contributed by atoms with Crippen LogP contribution in [0.4, 0.5) is 5.69 Å². The third-order valence-corrected chi connectivity index (χ3v) is 4.18. The molecule has 0 spiro atoms. The number of para-hydroxylation sites is 1. The molecule has 8 nitrogen and oxygen atoms in total. The van der Waals surface area contributed by atoms with Crippen LogP contribution in [0.25, 0.3) is 0 Å². The van der Waals surface area contributed by atoms with Gasteiger partial charge in [0.25, 0.3) is 5.69 Å². The van der Waals surface area contributed by atoms with E-state index in [1.807, 2.05) is 0 Å². The van der Waals surface area contributed by atoms with Crippen molar-refractivity contribution in [1.82, 2.24) is 5.32 Å². The molecular formula is C20H24N2O6. The van der Waals surface area contributed by atoms with Crippen LogP contribution >= 0.6 is 0 Å². The number of nitro groups is 1. The number of benzene rings is 1. The van der Waals surface area contributed by atoms with Gasteiger partial charge in [0.1, 0.15) is 0 Å². The summed E-state index contributed by atoms with van der Waals surface area (Å²) in [5.74, 6) is -6.65. The summed E-state index contributed by atoms with van der Waals surface area (Å²) in [5, 5.41) is 14.5. The Hall–Kier alpha value is -3.16. The van der Waals surface area contributed by atoms with Crippen LogP contribution in [0.15, 0.2) is 46.8 Å². The Balaban J connectivity index is 2.65. The maximum atomic E-state index is 13.2. The molecule has 0 radical (unpaired) electrons. The summed E-state index contributed by atoms with van der Waals surface area (Å²) in [4.78, 5) is 36.9. The normalized spacial score (nSPS) is 21.7. The first-order chi connectivity index (χ1) is 16.0. The van der Waals surface area contributed by atoms with E-state index >= 15 is 0 Å². The molecular weight excluding hydrogens is 364 g/mol. The number of esters is 2. The van der Waals surface area contributed by atoms with Gasteiger partial charge in [-0.2, -0.15) is 0 Å². The fourth-order valence-corrected chi connectivity index (χ4v) is 3.07. The maximum absolute atomic E-state index is 13.2. The second-order valence-corrected chi connectivity index (χ2v) is 6.00. The lowest BCUT2D eigenvalue weighted by atomic mass is 9.79. The molecule has 2 rings (SSSR count). The zero-order valence-corrected chi connectivity index (χ0v) is 15.5. The Labute approximate surface area is 173 Å². The Bertz CT molecular complexity index is 1090. The van der Waals surface area contributed by atoms with E-state index in [4.69, 9.17) is 19.1 Å². The summed E-state index contributed by atoms with van der Waals surface area (Å²) < 4.78 is 62.8. The molecule has 0 bridgehead atoms. The first-order valence-corrected chi connectivity index (χ1v) is 8.15. The topological polar surface area (TPSA) is 108 Å². The van der Waals surface area contributed by atoms with E-state index in [0.717, 1.165) is 7.11 Å². The maximum Gasteiger partial charge on any atom is 0.336 e. The summed E-state index contributed by atoms with van der Waals surface area (Å²) in [5.41, 5.74) is -0.525. The Morgan fingerprint density at radius 3 is 2.43 bits per heavy atom. The number of dihydropyridines is 1. The first kappa shape index (κ1) is 13.1. The fraction of sp³-hybridized carbons (Fsp3) is 0.400. The zero-order valence-electron chi connectivity index (χ0n) is 22.5. The van der Waals surface area contributed by atoms with Gasteiger partial charge in [0, 0.05) is 32.6 Å². The number of rotatable bonds is 6. The van der Waals surface area contributed by atoms with Crippen LogP contribution in [-0.2, 0) is 19.1 Å². The second kappa shape index (κ2) is 8.69. The molecule has 0 saturated heterocycles. The molecule has 0 aliphatic carbocycles. The standard InChI is InChI=1S/C20H24N2O6/c1-11(2)10-28-20(24)17-13(4)21-12(3)16(19(23)27-5)18(17)14-8-6-7-9-15(14)22(25)26/h6-9,11,18,21H,10H2,1-5H3/i1D3,2D3,11D. The minimum Gasteiger partial charge on any atom is -0.466 e. The molecule has 1 heterocycles. The molecule has 28 heavy (non-hydrogen) atoms. The summed E-state index contributed by atoms with van der Waals surface area (Å²) in [6.45, 7) is -5.07. The predicted molar refractivity (Wildman–Crippen MR) is 102 cm³/mol. The molecule has 1 aromatic rings. The minimum absolute atomic E-state index is 0.0474. The summed E-state index contributed by atoms with van der Waals surface area (Å²) in [7, 11) is 1.09. The molecule has 0 amide bonds. The fourth-order valence-electron chi connectivity index (χ4n) is 3.07. The van der Waals surface area contributed by atoms with E-state index in [1.165, 1.54) is 38.1 Å². The van der Waals surface area contributed by atoms with Gasteiger partial charge in [-0.3, -0.25) is 10.1 Å². The lowest BCUT2D eigenvalue weighted by Crippen LogP contribution is -2.32. The number of nitro benzene ring substituents is 1. The number of nitrogens with zero attached hydrogens (tertiary/aromatic N) is 1. The van der Waals surface area contributed by atoms with E-state index in [9.17, 15) is 19.7 Å². The lowest BCUT2D eigenvalue weighted by molar-refractivity contribution is -0.385. The molecule has 0 fully saturated rings. The molecule has 150 valence electrons. The second-order valence-electron chi connectivity index (χ2n) is 6.00. The molecule has 8 heteroatoms. The van der Waals surface area contributed by atoms with E-state index in [-0.39, 0.29) is 28.1 Å². The molecule has 1 atom stereocenters. The van der Waals surface area contributed by atoms with Crippen LogP contribution in [-0.4, -0.2) is 30.6 Å². The molecule has 1 aliphatic heterocycles. The third kappa shape index (κ3) is 4.21. The van der Waals surface area contributed by atoms with Gasteiger partial charge in [-0.05, 0) is 19.7 Å². The number of methoxy groups -OCH3 is 1. The van der Waals surface area contributed by atoms with Gasteiger partial charge in [-0.15, -0.1) is 0 Å². The van der Waals surface area contributed by atoms with Gasteiger partial charge in [-0.1, -0.05) is 31.9 Å². The van der Waals surface area contributed by atoms with Crippen LogP contribution in [0.1, 0.15) is 48.6 Å². The van der Waals surface area contributed by atoms with Crippen molar-refractivity contribution in [1.29, 1.82) is 0 Å². The van der Waals surface area contributed by atoms with Crippen LogP contribution in [0.2, 0.25) is 0 Å². The number of carbonyl (C=O) groups is 2. The van der Waals surface area contributed by atoms with Gasteiger partial charge in [0.05, 0.1) is 35.7 Å². The van der Waals surface area contributed by atoms with Crippen molar-refractivity contribution in [2.45, 2.75) is 33.5 Å². The van der Waals surface area contributed by atoms with Gasteiger partial charge < -0.3 is 14.8 Å². The summed E-state index contributed by atoms with van der Waals surface area (Å²) in [6, 6.07) is 5.38. The van der Waals surface area contributed by atoms with E-state index < -0.39 is 54.7 Å². The number of carbonyl (C=O) groups excluding carboxylic acids is 2. The van der Waals surface area contributed by atoms with Crippen molar-refractivity contribution in [2.24, 2.45) is 5.89 Å². The van der Waals surface area contributed by atoms with Gasteiger partial charge in [0.15, 0.2) is 0 Å². The van der Waals surface area contributed by atoms with Crippen LogP contribution in [0, 0.1) is 16.0 Å². The van der Waals surface area contributed by atoms with Crippen molar-refractivity contribution in [3.63, 3.8) is 0 Å². The average molecular weight is 395 g/mol. The number of hydrogen-bond donors (Lipinski definition) is 1. The largest absolute Gasteiger partial charge is 0.466 e. The number of ether oxygens (including phenoxy) is 2. The molecule has 1 unspecified atom stereocenters. The van der Waals surface area contributed by atoms with Crippen molar-refractivity contribution in [2.75, 3.05) is 13.7 Å². The highest BCUT2D eigenvalue weighted by Crippen LogP contribution is 2.42. The smallest absolute Gasteiger partial charge is 0.336 e. The lowest BCUT2D eigenvalue weighted by Gasteiger charge is -2.30. The molecule has 1 aromatic carbocycles. The summed E-state index contributed by atoms with van der Waals surface area (Å²) in [6.07, 6.45) is 0. The first-order valence-electron chi connectivity index (χ1n) is 11.6. The molecule has 0 aromatic heterocycles. The number of nitrogens with one attached hydrogen (secondary N) is 1. The average Bonchev–Trinajstić information content (AvgIpc) is 2.74. The van der Waals surface area contributed by atoms with E-state index in [0.29, 0.717) is 0 Å². The van der Waals surface area contributed by atoms with E-state index in [2.05, 4.69) is 5.32 Å². The van der Waals surface area contributed by atoms with Crippen molar-refractivity contribution >= 4 is 17.6 Å². The minimum atomic E-state index is -3.34. The van der Waals surface area contributed by atoms with Gasteiger partial charge in [-0.25, -0.2) is 9.59 Å². The summed E-state index contributed by atoms with van der Waals surface area (Å²) >= 11 is 0. The number of hydrogen-bond acceptors (Lipinski definition) is 7. The highest BCUT2D eigenvalue weighted by Gasteiger charge is 2.40. The van der Waals surface area contributed by atoms with Crippen molar-refractivity contribution in [3.8, 4) is 0 Å². The van der Waals surface area contributed by atoms with Gasteiger partial charge in [0.2, 0.25) is 0 Å². The monoisotopic (exact) mass is 395 g/mol. The van der Waals surface area contributed by atoms with Crippen molar-refractivity contribution < 1.29 is 33.6 Å². The SMILES string of the molecule is [2H]C([2H])([2H])C([2H])(COC(=O)C1=C(C)NC(C)=C(C(=O)OC)C1c1ccccc1[N+](=O)[O-])C([2H])([2H])[2H]. The Morgan fingerprint density at radius 1 is 1.25 bits per heavy atom. The highest BCUT2D eigenvalue weighted by atomic mass is 16.6. The third-order valence-electron chi connectivity index (χ3n) is 4.18. The van der Waals surface area contributed by atoms with E-state index in [1.54, 1.807) is 0 Å². The van der Waals surface area contributed by atoms with Crippen LogP contribution in [0.5, 0.6) is 0 Å². The Morgan fingerprint density at radius 2 is 1.86 bits per heavy atom. The highest BCUT2D eigenvalue weighted by molar-refractivity contribution is 6.00. The van der Waals surface area contributed by atoms with Gasteiger partial charge >= 0.3 is 11.9 Å². The van der Waals surface area contributed by atoms with Crippen molar-refractivity contribution in [3.05, 3.63) is 62.5 Å². The van der Waals surface area contributed by atoms with Crippen LogP contribution < -0.4 is 5.32 Å².